The zero-order valence-electron chi connectivity index (χ0n) is 11.9. The van der Waals surface area contributed by atoms with E-state index in [9.17, 15) is 9.59 Å². The van der Waals surface area contributed by atoms with Crippen LogP contribution in [0.4, 0.5) is 0 Å². The van der Waals surface area contributed by atoms with Crippen molar-refractivity contribution in [2.24, 2.45) is 5.92 Å². The first-order valence-corrected chi connectivity index (χ1v) is 7.11. The van der Waals surface area contributed by atoms with Crippen LogP contribution in [0.2, 0.25) is 0 Å². The summed E-state index contributed by atoms with van der Waals surface area (Å²) in [7, 11) is 1.64. The van der Waals surface area contributed by atoms with E-state index in [1.165, 1.54) is 0 Å². The molecule has 1 aromatic carbocycles. The molecule has 0 atom stereocenters. The van der Waals surface area contributed by atoms with Crippen LogP contribution in [0.25, 0.3) is 0 Å². The Morgan fingerprint density at radius 3 is 2.80 bits per heavy atom. The minimum Gasteiger partial charge on any atom is -0.497 e. The first-order chi connectivity index (χ1) is 9.69. The summed E-state index contributed by atoms with van der Waals surface area (Å²) in [6, 6.07) is 7.85. The number of amides is 1. The summed E-state index contributed by atoms with van der Waals surface area (Å²) in [4.78, 5) is 23.1. The third-order valence-electron chi connectivity index (χ3n) is 3.76. The van der Waals surface area contributed by atoms with Gasteiger partial charge in [-0.1, -0.05) is 12.1 Å². The van der Waals surface area contributed by atoms with Crippen molar-refractivity contribution in [3.8, 4) is 5.75 Å². The molecular formula is C16H21NO3. The number of benzene rings is 1. The normalized spacial score (nSPS) is 15.9. The van der Waals surface area contributed by atoms with Gasteiger partial charge in [0, 0.05) is 25.3 Å². The van der Waals surface area contributed by atoms with Crippen LogP contribution in [0.1, 0.15) is 31.2 Å². The van der Waals surface area contributed by atoms with E-state index >= 15 is 0 Å². The summed E-state index contributed by atoms with van der Waals surface area (Å²) in [5, 5.41) is 2.96. The molecule has 1 aliphatic rings. The zero-order chi connectivity index (χ0) is 14.4. The topological polar surface area (TPSA) is 55.4 Å². The highest BCUT2D eigenvalue weighted by Crippen LogP contribution is 2.21. The quantitative estimate of drug-likeness (QED) is 0.895. The van der Waals surface area contributed by atoms with Crippen LogP contribution in [0.3, 0.4) is 0 Å². The van der Waals surface area contributed by atoms with E-state index in [1.54, 1.807) is 7.11 Å². The molecule has 0 heterocycles. The van der Waals surface area contributed by atoms with E-state index in [0.717, 1.165) is 17.7 Å². The second-order valence-electron chi connectivity index (χ2n) is 5.21. The van der Waals surface area contributed by atoms with Gasteiger partial charge in [-0.2, -0.15) is 0 Å². The predicted octanol–water partition coefficient (Wildman–Crippen LogP) is 2.11. The molecule has 2 rings (SSSR count). The maximum Gasteiger partial charge on any atom is 0.223 e. The smallest absolute Gasteiger partial charge is 0.223 e. The number of carbonyl (C=O) groups excluding carboxylic acids is 2. The molecule has 0 bridgehead atoms. The molecule has 20 heavy (non-hydrogen) atoms. The average molecular weight is 275 g/mol. The standard InChI is InChI=1S/C16H21NO3/c1-20-15-4-2-3-12(11-15)9-10-17-16(19)13-5-7-14(18)8-6-13/h2-4,11,13H,5-10H2,1H3,(H,17,19). The number of ketones is 1. The Bertz CT molecular complexity index is 474. The van der Waals surface area contributed by atoms with E-state index in [2.05, 4.69) is 5.32 Å². The van der Waals surface area contributed by atoms with Gasteiger partial charge in [0.15, 0.2) is 0 Å². The van der Waals surface area contributed by atoms with Crippen molar-refractivity contribution in [3.05, 3.63) is 29.8 Å². The van der Waals surface area contributed by atoms with Crippen molar-refractivity contribution in [1.29, 1.82) is 0 Å². The largest absolute Gasteiger partial charge is 0.497 e. The molecule has 0 aromatic heterocycles. The van der Waals surface area contributed by atoms with E-state index in [4.69, 9.17) is 4.74 Å². The lowest BCUT2D eigenvalue weighted by atomic mass is 9.88. The molecular weight excluding hydrogens is 254 g/mol. The highest BCUT2D eigenvalue weighted by atomic mass is 16.5. The number of hydrogen-bond acceptors (Lipinski definition) is 3. The lowest BCUT2D eigenvalue weighted by Crippen LogP contribution is -2.34. The van der Waals surface area contributed by atoms with E-state index in [1.807, 2.05) is 24.3 Å². The molecule has 4 heteroatoms. The molecule has 1 aliphatic carbocycles. The number of nitrogens with one attached hydrogen (secondary N) is 1. The summed E-state index contributed by atoms with van der Waals surface area (Å²) >= 11 is 0. The lowest BCUT2D eigenvalue weighted by Gasteiger charge is -2.20. The molecule has 1 fully saturated rings. The Morgan fingerprint density at radius 1 is 1.35 bits per heavy atom. The van der Waals surface area contributed by atoms with Crippen LogP contribution in [0, 0.1) is 5.92 Å². The van der Waals surface area contributed by atoms with Crippen LogP contribution in [0.5, 0.6) is 5.75 Å². The SMILES string of the molecule is COc1cccc(CCNC(=O)C2CCC(=O)CC2)c1. The number of Topliss-reactive ketones (excluding diaryl/α,β-unsaturated/α-hetero) is 1. The van der Waals surface area contributed by atoms with Gasteiger partial charge in [-0.05, 0) is 37.0 Å². The van der Waals surface area contributed by atoms with Gasteiger partial charge < -0.3 is 10.1 Å². The number of hydrogen-bond donors (Lipinski definition) is 1. The highest BCUT2D eigenvalue weighted by Gasteiger charge is 2.24. The van der Waals surface area contributed by atoms with E-state index in [-0.39, 0.29) is 17.6 Å². The second kappa shape index (κ2) is 7.08. The Kier molecular flexibility index (Phi) is 5.16. The minimum absolute atomic E-state index is 0.0120. The monoisotopic (exact) mass is 275 g/mol. The van der Waals surface area contributed by atoms with Crippen molar-refractivity contribution >= 4 is 11.7 Å². The Hall–Kier alpha value is -1.84. The number of carbonyl (C=O) groups is 2. The molecule has 0 radical (unpaired) electrons. The van der Waals surface area contributed by atoms with Crippen LogP contribution >= 0.6 is 0 Å². The van der Waals surface area contributed by atoms with Crippen molar-refractivity contribution in [3.63, 3.8) is 0 Å². The van der Waals surface area contributed by atoms with Crippen molar-refractivity contribution in [2.75, 3.05) is 13.7 Å². The zero-order valence-corrected chi connectivity index (χ0v) is 11.9. The van der Waals surface area contributed by atoms with E-state index in [0.29, 0.717) is 32.2 Å². The molecule has 1 N–H and O–H groups in total. The third-order valence-corrected chi connectivity index (χ3v) is 3.76. The summed E-state index contributed by atoms with van der Waals surface area (Å²) in [6.07, 6.45) is 3.28. The first-order valence-electron chi connectivity index (χ1n) is 7.11. The molecule has 4 nitrogen and oxygen atoms in total. The maximum absolute atomic E-state index is 12.0. The second-order valence-corrected chi connectivity index (χ2v) is 5.21. The summed E-state index contributed by atoms with van der Waals surface area (Å²) < 4.78 is 5.17. The van der Waals surface area contributed by atoms with Gasteiger partial charge in [0.1, 0.15) is 11.5 Å². The van der Waals surface area contributed by atoms with Crippen LogP contribution in [-0.2, 0) is 16.0 Å². The van der Waals surface area contributed by atoms with Crippen LogP contribution in [0.15, 0.2) is 24.3 Å². The fraction of sp³-hybridized carbons (Fsp3) is 0.500. The van der Waals surface area contributed by atoms with Crippen molar-refractivity contribution < 1.29 is 14.3 Å². The molecule has 1 saturated carbocycles. The van der Waals surface area contributed by atoms with Gasteiger partial charge in [-0.3, -0.25) is 9.59 Å². The Morgan fingerprint density at radius 2 is 2.10 bits per heavy atom. The minimum atomic E-state index is 0.0120. The van der Waals surface area contributed by atoms with Crippen molar-refractivity contribution in [1.82, 2.24) is 5.32 Å². The fourth-order valence-electron chi connectivity index (χ4n) is 2.50. The van der Waals surface area contributed by atoms with Crippen LogP contribution < -0.4 is 10.1 Å². The summed E-state index contributed by atoms with van der Waals surface area (Å²) in [5.74, 6) is 1.21. The Labute approximate surface area is 119 Å². The average Bonchev–Trinajstić information content (AvgIpc) is 2.48. The summed E-state index contributed by atoms with van der Waals surface area (Å²) in [6.45, 7) is 0.621. The third kappa shape index (κ3) is 4.08. The van der Waals surface area contributed by atoms with Gasteiger partial charge in [0.25, 0.3) is 0 Å². The number of rotatable bonds is 5. The maximum atomic E-state index is 12.0. The molecule has 108 valence electrons. The summed E-state index contributed by atoms with van der Waals surface area (Å²) in [5.41, 5.74) is 1.14. The molecule has 1 aromatic rings. The first kappa shape index (κ1) is 14.6. The molecule has 0 unspecified atom stereocenters. The van der Waals surface area contributed by atoms with Crippen molar-refractivity contribution in [2.45, 2.75) is 32.1 Å². The van der Waals surface area contributed by atoms with Gasteiger partial charge in [0.05, 0.1) is 7.11 Å². The van der Waals surface area contributed by atoms with Gasteiger partial charge >= 0.3 is 0 Å². The molecule has 1 amide bonds. The highest BCUT2D eigenvalue weighted by molar-refractivity contribution is 5.84. The Balaban J connectivity index is 1.74. The van der Waals surface area contributed by atoms with Gasteiger partial charge in [0.2, 0.25) is 5.91 Å². The number of methoxy groups -OCH3 is 1. The fourth-order valence-corrected chi connectivity index (χ4v) is 2.50. The number of ether oxygens (including phenoxy) is 1. The van der Waals surface area contributed by atoms with E-state index < -0.39 is 0 Å². The van der Waals surface area contributed by atoms with Crippen LogP contribution in [-0.4, -0.2) is 25.3 Å². The lowest BCUT2D eigenvalue weighted by molar-refractivity contribution is -0.128. The van der Waals surface area contributed by atoms with Gasteiger partial charge in [-0.15, -0.1) is 0 Å². The van der Waals surface area contributed by atoms with Gasteiger partial charge in [-0.25, -0.2) is 0 Å². The molecule has 0 spiro atoms. The molecule has 0 aliphatic heterocycles. The predicted molar refractivity (Wildman–Crippen MR) is 76.7 cm³/mol. The molecule has 0 saturated heterocycles.